The Kier molecular flexibility index (Phi) is 0.906. The zero-order valence-electron chi connectivity index (χ0n) is 3.83. The van der Waals surface area contributed by atoms with E-state index < -0.39 is 0 Å². The number of rotatable bonds is 0. The summed E-state index contributed by atoms with van der Waals surface area (Å²) in [7, 11) is 0. The Balaban J connectivity index is 2.54. The Morgan fingerprint density at radius 1 is 1.71 bits per heavy atom. The fourth-order valence-electron chi connectivity index (χ4n) is 0.536. The molecule has 0 saturated heterocycles. The van der Waals surface area contributed by atoms with Crippen LogP contribution in [-0.2, 0) is 0 Å². The lowest BCUT2D eigenvalue weighted by atomic mass is 10.5. The predicted octanol–water partition coefficient (Wildman–Crippen LogP) is 0.481. The molecule has 0 radical (unpaired) electrons. The molecule has 1 aliphatic heterocycles. The van der Waals surface area contributed by atoms with Crippen LogP contribution in [0, 0.1) is 0 Å². The Bertz CT molecular complexity index is 99.9. The van der Waals surface area contributed by atoms with Crippen molar-refractivity contribution in [1.29, 1.82) is 0 Å². The molecule has 0 bridgehead atoms. The number of aliphatic hydroxyl groups is 1. The highest BCUT2D eigenvalue weighted by atomic mass is 16.5. The molecule has 0 fully saturated rings. The molecule has 0 atom stereocenters. The van der Waals surface area contributed by atoms with E-state index in [1.165, 1.54) is 0 Å². The topological polar surface area (TPSA) is 43.7 Å². The van der Waals surface area contributed by atoms with Gasteiger partial charge in [-0.25, -0.2) is 5.06 Å². The first-order chi connectivity index (χ1) is 3.30. The Hall–Kier alpha value is -0.700. The van der Waals surface area contributed by atoms with Crippen molar-refractivity contribution in [2.75, 3.05) is 6.54 Å². The summed E-state index contributed by atoms with van der Waals surface area (Å²) in [6.45, 7) is 0.520. The Morgan fingerprint density at radius 3 is 2.57 bits per heavy atom. The summed E-state index contributed by atoms with van der Waals surface area (Å²) in [5.41, 5.74) is 0. The Morgan fingerprint density at radius 2 is 2.43 bits per heavy atom. The van der Waals surface area contributed by atoms with Crippen LogP contribution in [0.3, 0.4) is 0 Å². The molecule has 2 N–H and O–H groups in total. The second-order valence-corrected chi connectivity index (χ2v) is 1.47. The maximum Gasteiger partial charge on any atom is 0.206 e. The second kappa shape index (κ2) is 1.42. The quantitative estimate of drug-likeness (QED) is 0.466. The molecule has 0 aliphatic carbocycles. The van der Waals surface area contributed by atoms with Gasteiger partial charge in [-0.15, -0.1) is 0 Å². The zero-order chi connectivity index (χ0) is 5.28. The fraction of sp³-hybridized carbons (Fsp3) is 0.500. The van der Waals surface area contributed by atoms with E-state index in [4.69, 9.17) is 10.3 Å². The summed E-state index contributed by atoms with van der Waals surface area (Å²) in [6.07, 6.45) is 2.31. The van der Waals surface area contributed by atoms with Gasteiger partial charge in [0, 0.05) is 0 Å². The fourth-order valence-corrected chi connectivity index (χ4v) is 0.536. The summed E-state index contributed by atoms with van der Waals surface area (Å²) in [6, 6.07) is 0. The lowest BCUT2D eigenvalue weighted by Gasteiger charge is -2.05. The minimum Gasteiger partial charge on any atom is -0.493 e. The molecule has 1 rings (SSSR count). The molecule has 0 saturated carbocycles. The average Bonchev–Trinajstić information content (AvgIpc) is 1.91. The molecule has 0 aromatic heterocycles. The smallest absolute Gasteiger partial charge is 0.206 e. The SMILES string of the molecule is OC1=CCCN1O. The van der Waals surface area contributed by atoms with Crippen molar-refractivity contribution < 1.29 is 10.3 Å². The number of aliphatic hydroxyl groups excluding tert-OH is 1. The van der Waals surface area contributed by atoms with E-state index in [0.29, 0.717) is 6.54 Å². The van der Waals surface area contributed by atoms with Crippen molar-refractivity contribution in [3.8, 4) is 0 Å². The van der Waals surface area contributed by atoms with E-state index in [1.807, 2.05) is 0 Å². The maximum atomic E-state index is 8.53. The number of hydrogen-bond acceptors (Lipinski definition) is 3. The second-order valence-electron chi connectivity index (χ2n) is 1.47. The highest BCUT2D eigenvalue weighted by molar-refractivity contribution is 4.93. The van der Waals surface area contributed by atoms with Crippen molar-refractivity contribution in [3.63, 3.8) is 0 Å². The van der Waals surface area contributed by atoms with E-state index in [1.54, 1.807) is 6.08 Å². The van der Waals surface area contributed by atoms with Gasteiger partial charge in [0.1, 0.15) is 0 Å². The van der Waals surface area contributed by atoms with E-state index in [2.05, 4.69) is 0 Å². The van der Waals surface area contributed by atoms with E-state index in [9.17, 15) is 0 Å². The molecule has 1 aliphatic rings. The third-order valence-electron chi connectivity index (χ3n) is 0.932. The lowest BCUT2D eigenvalue weighted by Crippen LogP contribution is -2.12. The van der Waals surface area contributed by atoms with Crippen LogP contribution in [0.1, 0.15) is 6.42 Å². The summed E-state index contributed by atoms with van der Waals surface area (Å²) in [5, 5.41) is 17.9. The summed E-state index contributed by atoms with van der Waals surface area (Å²) in [4.78, 5) is 0. The Labute approximate surface area is 41.4 Å². The van der Waals surface area contributed by atoms with Crippen molar-refractivity contribution >= 4 is 0 Å². The highest BCUT2D eigenvalue weighted by Gasteiger charge is 2.08. The summed E-state index contributed by atoms with van der Waals surface area (Å²) < 4.78 is 0. The van der Waals surface area contributed by atoms with Crippen LogP contribution in [0.15, 0.2) is 12.0 Å². The van der Waals surface area contributed by atoms with Gasteiger partial charge in [-0.1, -0.05) is 0 Å². The number of hydroxylamine groups is 2. The molecular formula is C4H7NO2. The molecule has 3 heteroatoms. The van der Waals surface area contributed by atoms with Gasteiger partial charge >= 0.3 is 0 Å². The molecule has 0 amide bonds. The molecule has 0 spiro atoms. The third kappa shape index (κ3) is 0.667. The minimum atomic E-state index is -0.0278. The molecule has 7 heavy (non-hydrogen) atoms. The highest BCUT2D eigenvalue weighted by Crippen LogP contribution is 2.06. The van der Waals surface area contributed by atoms with Gasteiger partial charge in [0.2, 0.25) is 5.88 Å². The third-order valence-corrected chi connectivity index (χ3v) is 0.932. The first kappa shape index (κ1) is 4.46. The van der Waals surface area contributed by atoms with Gasteiger partial charge in [0.05, 0.1) is 6.54 Å². The van der Waals surface area contributed by atoms with Crippen LogP contribution in [0.4, 0.5) is 0 Å². The van der Waals surface area contributed by atoms with Gasteiger partial charge in [0.15, 0.2) is 0 Å². The van der Waals surface area contributed by atoms with E-state index >= 15 is 0 Å². The van der Waals surface area contributed by atoms with Crippen molar-refractivity contribution in [1.82, 2.24) is 5.06 Å². The maximum absolute atomic E-state index is 8.53. The predicted molar refractivity (Wildman–Crippen MR) is 23.8 cm³/mol. The van der Waals surface area contributed by atoms with Gasteiger partial charge in [-0.3, -0.25) is 5.21 Å². The zero-order valence-corrected chi connectivity index (χ0v) is 3.83. The van der Waals surface area contributed by atoms with Gasteiger partial charge in [0.25, 0.3) is 0 Å². The van der Waals surface area contributed by atoms with Crippen molar-refractivity contribution in [3.05, 3.63) is 12.0 Å². The first-order valence-corrected chi connectivity index (χ1v) is 2.16. The molecule has 0 aromatic rings. The van der Waals surface area contributed by atoms with Crippen molar-refractivity contribution in [2.24, 2.45) is 0 Å². The molecule has 0 unspecified atom stereocenters. The van der Waals surface area contributed by atoms with Crippen LogP contribution in [-0.4, -0.2) is 21.9 Å². The molecular weight excluding hydrogens is 94.0 g/mol. The van der Waals surface area contributed by atoms with Crippen LogP contribution in [0.25, 0.3) is 0 Å². The van der Waals surface area contributed by atoms with Crippen LogP contribution in [0.5, 0.6) is 0 Å². The van der Waals surface area contributed by atoms with Crippen LogP contribution < -0.4 is 0 Å². The van der Waals surface area contributed by atoms with E-state index in [0.717, 1.165) is 11.5 Å². The molecule has 1 heterocycles. The van der Waals surface area contributed by atoms with Gasteiger partial charge in [-0.2, -0.15) is 0 Å². The van der Waals surface area contributed by atoms with Gasteiger partial charge < -0.3 is 5.11 Å². The van der Waals surface area contributed by atoms with Crippen LogP contribution in [0.2, 0.25) is 0 Å². The largest absolute Gasteiger partial charge is 0.493 e. The van der Waals surface area contributed by atoms with Crippen LogP contribution >= 0.6 is 0 Å². The normalized spacial score (nSPS) is 20.1. The van der Waals surface area contributed by atoms with Gasteiger partial charge in [-0.05, 0) is 12.5 Å². The molecule has 40 valence electrons. The standard InChI is InChI=1S/C4H7NO2/c6-4-2-1-3-5(4)7/h2,6-7H,1,3H2. The number of nitrogens with zero attached hydrogens (tertiary/aromatic N) is 1. The summed E-state index contributed by atoms with van der Waals surface area (Å²) >= 11 is 0. The first-order valence-electron chi connectivity index (χ1n) is 2.16. The van der Waals surface area contributed by atoms with Crippen molar-refractivity contribution in [2.45, 2.75) is 6.42 Å². The number of hydrogen-bond donors (Lipinski definition) is 2. The lowest BCUT2D eigenvalue weighted by molar-refractivity contribution is -0.0808. The average molecular weight is 101 g/mol. The molecule has 0 aromatic carbocycles. The monoisotopic (exact) mass is 101 g/mol. The minimum absolute atomic E-state index is 0.0278. The molecule has 3 nitrogen and oxygen atoms in total. The summed E-state index contributed by atoms with van der Waals surface area (Å²) in [5.74, 6) is -0.0278. The van der Waals surface area contributed by atoms with E-state index in [-0.39, 0.29) is 5.88 Å².